The molecule has 0 spiro atoms. The van der Waals surface area contributed by atoms with Gasteiger partial charge in [0, 0.05) is 36.5 Å². The maximum absolute atomic E-state index is 5.43. The molecule has 1 fully saturated rings. The largest absolute Gasteiger partial charge is 0.378 e. The fraction of sp³-hybridized carbons (Fsp3) is 0.263. The van der Waals surface area contributed by atoms with Gasteiger partial charge in [0.25, 0.3) is 0 Å². The lowest BCUT2D eigenvalue weighted by atomic mass is 9.99. The van der Waals surface area contributed by atoms with Gasteiger partial charge in [-0.2, -0.15) is 5.10 Å². The molecule has 0 atom stereocenters. The van der Waals surface area contributed by atoms with E-state index in [0.29, 0.717) is 6.54 Å². The minimum atomic E-state index is 0.685. The van der Waals surface area contributed by atoms with Crippen LogP contribution < -0.4 is 4.90 Å². The first kappa shape index (κ1) is 15.2. The van der Waals surface area contributed by atoms with Crippen molar-refractivity contribution in [2.24, 2.45) is 4.99 Å². The first-order valence-electron chi connectivity index (χ1n) is 8.71. The summed E-state index contributed by atoms with van der Waals surface area (Å²) in [5, 5.41) is 7.06. The number of morpholine rings is 1. The molecule has 0 unspecified atom stereocenters. The first-order valence-corrected chi connectivity index (χ1v) is 8.71. The van der Waals surface area contributed by atoms with E-state index in [4.69, 9.17) is 9.73 Å². The topological polar surface area (TPSA) is 79.3 Å². The van der Waals surface area contributed by atoms with E-state index >= 15 is 0 Å². The molecule has 2 aromatic heterocycles. The Hall–Kier alpha value is -3.06. The second kappa shape index (κ2) is 6.34. The standard InChI is InChI=1S/C19H18N6O/c1-2-14-11-20-19(15(14)9-13(1)16-3-4-23-24-16)17-10-18(22-12-21-17)25-5-7-26-8-6-25/h1-4,9-10,12H,5-8,11H2,(H,23,24). The zero-order chi connectivity index (χ0) is 17.3. The van der Waals surface area contributed by atoms with Gasteiger partial charge in [-0.25, -0.2) is 9.97 Å². The van der Waals surface area contributed by atoms with Crippen molar-refractivity contribution < 1.29 is 4.74 Å². The monoisotopic (exact) mass is 346 g/mol. The second-order valence-corrected chi connectivity index (χ2v) is 6.37. The quantitative estimate of drug-likeness (QED) is 0.785. The Labute approximate surface area is 150 Å². The highest BCUT2D eigenvalue weighted by Gasteiger charge is 2.21. The van der Waals surface area contributed by atoms with Gasteiger partial charge in [-0.1, -0.05) is 12.1 Å². The van der Waals surface area contributed by atoms with Crippen molar-refractivity contribution in [3.05, 3.63) is 59.7 Å². The summed E-state index contributed by atoms with van der Waals surface area (Å²) in [4.78, 5) is 15.9. The molecule has 0 bridgehead atoms. The predicted octanol–water partition coefficient (Wildman–Crippen LogP) is 2.05. The Morgan fingerprint density at radius 3 is 2.81 bits per heavy atom. The van der Waals surface area contributed by atoms with Gasteiger partial charge in [0.1, 0.15) is 12.1 Å². The number of aliphatic imine (C=N–C) groups is 1. The van der Waals surface area contributed by atoms with Crippen molar-refractivity contribution >= 4 is 11.5 Å². The molecule has 26 heavy (non-hydrogen) atoms. The van der Waals surface area contributed by atoms with Gasteiger partial charge in [-0.3, -0.25) is 10.1 Å². The van der Waals surface area contributed by atoms with Gasteiger partial charge in [-0.05, 0) is 17.7 Å². The first-order chi connectivity index (χ1) is 12.9. The van der Waals surface area contributed by atoms with E-state index in [1.54, 1.807) is 12.5 Å². The van der Waals surface area contributed by atoms with E-state index in [1.165, 1.54) is 5.56 Å². The molecule has 0 saturated carbocycles. The smallest absolute Gasteiger partial charge is 0.132 e. The maximum Gasteiger partial charge on any atom is 0.132 e. The minimum Gasteiger partial charge on any atom is -0.378 e. The van der Waals surface area contributed by atoms with Crippen LogP contribution in [0.25, 0.3) is 11.3 Å². The van der Waals surface area contributed by atoms with E-state index in [1.807, 2.05) is 12.1 Å². The molecule has 7 nitrogen and oxygen atoms in total. The molecule has 130 valence electrons. The third-order valence-corrected chi connectivity index (χ3v) is 4.81. The second-order valence-electron chi connectivity index (χ2n) is 6.37. The number of ether oxygens (including phenoxy) is 1. The SMILES string of the molecule is c1cc(-c2ccc3c(c2)C(c2cc(N4CCOCC4)ncn2)=NC3)[nH]n1. The number of aromatic amines is 1. The van der Waals surface area contributed by atoms with E-state index < -0.39 is 0 Å². The van der Waals surface area contributed by atoms with Crippen LogP contribution in [0.15, 0.2) is 47.8 Å². The molecule has 1 saturated heterocycles. The minimum absolute atomic E-state index is 0.685. The Kier molecular flexibility index (Phi) is 3.71. The summed E-state index contributed by atoms with van der Waals surface area (Å²) in [6, 6.07) is 10.4. The van der Waals surface area contributed by atoms with Crippen LogP contribution in [-0.4, -0.2) is 52.2 Å². The van der Waals surface area contributed by atoms with Crippen LogP contribution in [0.2, 0.25) is 0 Å². The van der Waals surface area contributed by atoms with Crippen molar-refractivity contribution in [1.82, 2.24) is 20.2 Å². The van der Waals surface area contributed by atoms with Gasteiger partial charge in [-0.15, -0.1) is 0 Å². The van der Waals surface area contributed by atoms with Crippen molar-refractivity contribution in [2.45, 2.75) is 6.54 Å². The summed E-state index contributed by atoms with van der Waals surface area (Å²) < 4.78 is 5.43. The number of H-pyrrole nitrogens is 1. The lowest BCUT2D eigenvalue weighted by Gasteiger charge is -2.27. The number of nitrogens with one attached hydrogen (secondary N) is 1. The number of fused-ring (bicyclic) bond motifs is 1. The molecule has 5 rings (SSSR count). The molecule has 0 radical (unpaired) electrons. The molecular formula is C19H18N6O. The summed E-state index contributed by atoms with van der Waals surface area (Å²) in [5.41, 5.74) is 6.23. The number of hydrogen-bond donors (Lipinski definition) is 1. The average Bonchev–Trinajstić information content (AvgIpc) is 3.38. The van der Waals surface area contributed by atoms with Crippen molar-refractivity contribution in [3.8, 4) is 11.3 Å². The summed E-state index contributed by atoms with van der Waals surface area (Å²) >= 11 is 0. The normalized spacial score (nSPS) is 16.5. The van der Waals surface area contributed by atoms with Crippen molar-refractivity contribution in [3.63, 3.8) is 0 Å². The number of hydrogen-bond acceptors (Lipinski definition) is 6. The number of benzene rings is 1. The molecule has 0 aliphatic carbocycles. The zero-order valence-corrected chi connectivity index (χ0v) is 14.2. The Morgan fingerprint density at radius 2 is 1.96 bits per heavy atom. The number of rotatable bonds is 3. The highest BCUT2D eigenvalue weighted by molar-refractivity contribution is 6.14. The summed E-state index contributed by atoms with van der Waals surface area (Å²) in [5.74, 6) is 0.930. The molecule has 3 aromatic rings. The number of aromatic nitrogens is 4. The lowest BCUT2D eigenvalue weighted by molar-refractivity contribution is 0.122. The van der Waals surface area contributed by atoms with E-state index in [-0.39, 0.29) is 0 Å². The molecular weight excluding hydrogens is 328 g/mol. The Morgan fingerprint density at radius 1 is 1.04 bits per heavy atom. The molecule has 2 aliphatic heterocycles. The molecule has 0 amide bonds. The molecule has 2 aliphatic rings. The molecule has 1 N–H and O–H groups in total. The fourth-order valence-electron chi connectivity index (χ4n) is 3.43. The zero-order valence-electron chi connectivity index (χ0n) is 14.2. The molecule has 7 heteroatoms. The van der Waals surface area contributed by atoms with Crippen LogP contribution in [0.5, 0.6) is 0 Å². The average molecular weight is 346 g/mol. The highest BCUT2D eigenvalue weighted by Crippen LogP contribution is 2.28. The van der Waals surface area contributed by atoms with Crippen LogP contribution in [0.3, 0.4) is 0 Å². The highest BCUT2D eigenvalue weighted by atomic mass is 16.5. The fourth-order valence-corrected chi connectivity index (χ4v) is 3.43. The van der Waals surface area contributed by atoms with Crippen molar-refractivity contribution in [1.29, 1.82) is 0 Å². The number of anilines is 1. The Balaban J connectivity index is 1.50. The van der Waals surface area contributed by atoms with E-state index in [0.717, 1.165) is 60.3 Å². The summed E-state index contributed by atoms with van der Waals surface area (Å²) in [6.07, 6.45) is 3.38. The van der Waals surface area contributed by atoms with Gasteiger partial charge in [0.15, 0.2) is 0 Å². The van der Waals surface area contributed by atoms with Crippen LogP contribution in [0, 0.1) is 0 Å². The molecule has 1 aromatic carbocycles. The van der Waals surface area contributed by atoms with Crippen LogP contribution in [-0.2, 0) is 11.3 Å². The van der Waals surface area contributed by atoms with E-state index in [9.17, 15) is 0 Å². The summed E-state index contributed by atoms with van der Waals surface area (Å²) in [6.45, 7) is 3.85. The van der Waals surface area contributed by atoms with Crippen LogP contribution in [0.1, 0.15) is 16.8 Å². The summed E-state index contributed by atoms with van der Waals surface area (Å²) in [7, 11) is 0. The molecule has 4 heterocycles. The Bertz CT molecular complexity index is 960. The van der Waals surface area contributed by atoms with Gasteiger partial charge < -0.3 is 9.64 Å². The third kappa shape index (κ3) is 2.66. The predicted molar refractivity (Wildman–Crippen MR) is 98.4 cm³/mol. The van der Waals surface area contributed by atoms with Gasteiger partial charge in [0.05, 0.1) is 36.9 Å². The van der Waals surface area contributed by atoms with Gasteiger partial charge in [0.2, 0.25) is 0 Å². The maximum atomic E-state index is 5.43. The van der Waals surface area contributed by atoms with Gasteiger partial charge >= 0.3 is 0 Å². The third-order valence-electron chi connectivity index (χ3n) is 4.81. The van der Waals surface area contributed by atoms with E-state index in [2.05, 4.69) is 43.3 Å². The van der Waals surface area contributed by atoms with Crippen LogP contribution in [0.4, 0.5) is 5.82 Å². The van der Waals surface area contributed by atoms with Crippen LogP contribution >= 0.6 is 0 Å². The lowest BCUT2D eigenvalue weighted by Crippen LogP contribution is -2.36. The number of nitrogens with zero attached hydrogens (tertiary/aromatic N) is 5. The van der Waals surface area contributed by atoms with Crippen molar-refractivity contribution in [2.75, 3.05) is 31.2 Å².